The molecular formula is C22H28O3. The number of carbonyl (C=O) groups excluding carboxylic acids is 2. The van der Waals surface area contributed by atoms with Crippen molar-refractivity contribution in [3.05, 3.63) is 36.0 Å². The van der Waals surface area contributed by atoms with Crippen molar-refractivity contribution in [3.8, 4) is 0 Å². The van der Waals surface area contributed by atoms with Crippen LogP contribution in [0.3, 0.4) is 0 Å². The molecule has 0 aromatic carbocycles. The molecule has 134 valence electrons. The van der Waals surface area contributed by atoms with Crippen molar-refractivity contribution in [2.45, 2.75) is 58.5 Å². The monoisotopic (exact) mass is 340 g/mol. The fourth-order valence-electron chi connectivity index (χ4n) is 6.58. The summed E-state index contributed by atoms with van der Waals surface area (Å²) in [6.45, 7) is 2.34. The van der Waals surface area contributed by atoms with Gasteiger partial charge in [0, 0.05) is 17.9 Å². The fourth-order valence-corrected chi connectivity index (χ4v) is 6.58. The Bertz CT molecular complexity index is 715. The summed E-state index contributed by atoms with van der Waals surface area (Å²) in [5.74, 6) is 2.46. The maximum absolute atomic E-state index is 11.8. The summed E-state index contributed by atoms with van der Waals surface area (Å²) in [4.78, 5) is 23.5. The van der Waals surface area contributed by atoms with Crippen LogP contribution >= 0.6 is 0 Å². The summed E-state index contributed by atoms with van der Waals surface area (Å²) in [5.41, 5.74) is 0.940. The van der Waals surface area contributed by atoms with Gasteiger partial charge in [-0.25, -0.2) is 4.79 Å². The van der Waals surface area contributed by atoms with E-state index in [1.54, 1.807) is 6.08 Å². The molecule has 1 spiro atoms. The van der Waals surface area contributed by atoms with E-state index in [0.717, 1.165) is 25.7 Å². The Kier molecular flexibility index (Phi) is 3.65. The number of ether oxygens (including phenoxy) is 1. The second-order valence-corrected chi connectivity index (χ2v) is 8.60. The third-order valence-electron chi connectivity index (χ3n) is 7.82. The molecule has 25 heavy (non-hydrogen) atoms. The molecule has 2 fully saturated rings. The van der Waals surface area contributed by atoms with Gasteiger partial charge in [0.1, 0.15) is 5.60 Å². The van der Waals surface area contributed by atoms with E-state index in [1.807, 2.05) is 12.2 Å². The number of allylic oxidation sites excluding steroid dienone is 4. The molecule has 1 heterocycles. The minimum atomic E-state index is -0.369. The summed E-state index contributed by atoms with van der Waals surface area (Å²) in [6, 6.07) is 0. The van der Waals surface area contributed by atoms with Crippen LogP contribution < -0.4 is 0 Å². The second kappa shape index (κ2) is 5.43. The lowest BCUT2D eigenvalue weighted by Gasteiger charge is -2.53. The molecule has 3 nitrogen and oxygen atoms in total. The predicted molar refractivity (Wildman–Crippen MR) is 96.7 cm³/mol. The van der Waals surface area contributed by atoms with Crippen LogP contribution in [0.4, 0.5) is 0 Å². The molecular weight excluding hydrogens is 312 g/mol. The highest BCUT2D eigenvalue weighted by molar-refractivity contribution is 5.92. The van der Waals surface area contributed by atoms with Crippen molar-refractivity contribution >= 4 is 11.8 Å². The minimum absolute atomic E-state index is 0. The quantitative estimate of drug-likeness (QED) is 0.614. The molecule has 5 rings (SSSR count). The SMILES string of the molecule is C.C[C@]12CC[C@H]3[C@@H](C=CC4=CC(=O)CC[C@@H]43)[C@@H]1CC[C@@]21C=CC(=O)O1. The summed E-state index contributed by atoms with van der Waals surface area (Å²) in [6.07, 6.45) is 16.2. The second-order valence-electron chi connectivity index (χ2n) is 8.60. The Hall–Kier alpha value is -1.64. The number of fused-ring (bicyclic) bond motifs is 6. The third kappa shape index (κ3) is 2.10. The Morgan fingerprint density at radius 3 is 2.72 bits per heavy atom. The van der Waals surface area contributed by atoms with Gasteiger partial charge in [-0.1, -0.05) is 26.5 Å². The average Bonchev–Trinajstić information content (AvgIpc) is 3.08. The molecule has 0 N–H and O–H groups in total. The summed E-state index contributed by atoms with van der Waals surface area (Å²) in [5, 5.41) is 0. The van der Waals surface area contributed by atoms with Gasteiger partial charge < -0.3 is 4.74 Å². The summed E-state index contributed by atoms with van der Waals surface area (Å²) >= 11 is 0. The zero-order valence-corrected chi connectivity index (χ0v) is 14.2. The molecule has 2 saturated carbocycles. The molecule has 5 aliphatic rings. The number of rotatable bonds is 0. The van der Waals surface area contributed by atoms with E-state index >= 15 is 0 Å². The number of esters is 1. The summed E-state index contributed by atoms with van der Waals surface area (Å²) < 4.78 is 5.85. The van der Waals surface area contributed by atoms with E-state index in [9.17, 15) is 9.59 Å². The van der Waals surface area contributed by atoms with Crippen LogP contribution in [0.15, 0.2) is 36.0 Å². The zero-order chi connectivity index (χ0) is 16.5. The Morgan fingerprint density at radius 2 is 1.96 bits per heavy atom. The number of ketones is 1. The standard InChI is InChI=1S/C21H24O3.CH4/c1-20-9-6-16-15-5-3-14(22)12-13(15)2-4-17(16)18(20)7-10-21(20)11-8-19(23)24-21;/h2,4,8,11-12,15-18H,3,5-7,9-10H2,1H3;1H4/t15-,16+,17+,18-,20-,21+;/m0./s1. The minimum Gasteiger partial charge on any atom is -0.451 e. The van der Waals surface area contributed by atoms with E-state index < -0.39 is 0 Å². The summed E-state index contributed by atoms with van der Waals surface area (Å²) in [7, 11) is 0. The number of carbonyl (C=O) groups is 2. The number of hydrogen-bond donors (Lipinski definition) is 0. The van der Waals surface area contributed by atoms with E-state index in [2.05, 4.69) is 19.1 Å². The Morgan fingerprint density at radius 1 is 1.12 bits per heavy atom. The molecule has 0 radical (unpaired) electrons. The predicted octanol–water partition coefficient (Wildman–Crippen LogP) is 4.39. The van der Waals surface area contributed by atoms with Gasteiger partial charge in [-0.15, -0.1) is 0 Å². The molecule has 0 amide bonds. The van der Waals surface area contributed by atoms with Gasteiger partial charge in [0.05, 0.1) is 0 Å². The molecule has 0 unspecified atom stereocenters. The van der Waals surface area contributed by atoms with Crippen molar-refractivity contribution in [3.63, 3.8) is 0 Å². The molecule has 4 aliphatic carbocycles. The van der Waals surface area contributed by atoms with Crippen LogP contribution in [0.1, 0.15) is 52.9 Å². The van der Waals surface area contributed by atoms with E-state index in [-0.39, 0.29) is 30.2 Å². The maximum Gasteiger partial charge on any atom is 0.331 e. The maximum atomic E-state index is 11.8. The normalized spacial score (nSPS) is 46.8. The lowest BCUT2D eigenvalue weighted by atomic mass is 9.52. The van der Waals surface area contributed by atoms with E-state index in [1.165, 1.54) is 12.0 Å². The average molecular weight is 340 g/mol. The first-order valence-electron chi connectivity index (χ1n) is 9.37. The van der Waals surface area contributed by atoms with Crippen LogP contribution in [0.25, 0.3) is 0 Å². The van der Waals surface area contributed by atoms with E-state index in [4.69, 9.17) is 4.74 Å². The third-order valence-corrected chi connectivity index (χ3v) is 7.82. The molecule has 0 saturated heterocycles. The van der Waals surface area contributed by atoms with Crippen LogP contribution in [-0.2, 0) is 14.3 Å². The van der Waals surface area contributed by atoms with Gasteiger partial charge in [0.2, 0.25) is 0 Å². The molecule has 1 aliphatic heterocycles. The lowest BCUT2D eigenvalue weighted by molar-refractivity contribution is -0.159. The van der Waals surface area contributed by atoms with Gasteiger partial charge in [0.15, 0.2) is 5.78 Å². The Balaban J connectivity index is 0.00000157. The van der Waals surface area contributed by atoms with Gasteiger partial charge in [-0.05, 0) is 73.5 Å². The van der Waals surface area contributed by atoms with Crippen LogP contribution in [0.2, 0.25) is 0 Å². The molecule has 6 atom stereocenters. The van der Waals surface area contributed by atoms with Crippen molar-refractivity contribution in [2.75, 3.05) is 0 Å². The first-order valence-corrected chi connectivity index (χ1v) is 9.37. The van der Waals surface area contributed by atoms with Gasteiger partial charge in [0.25, 0.3) is 0 Å². The van der Waals surface area contributed by atoms with Crippen molar-refractivity contribution in [1.29, 1.82) is 0 Å². The zero-order valence-electron chi connectivity index (χ0n) is 14.2. The largest absolute Gasteiger partial charge is 0.451 e. The molecule has 0 aromatic rings. The first-order chi connectivity index (χ1) is 11.5. The van der Waals surface area contributed by atoms with Crippen molar-refractivity contribution in [1.82, 2.24) is 0 Å². The highest BCUT2D eigenvalue weighted by Gasteiger charge is 2.64. The Labute approximate surface area is 150 Å². The van der Waals surface area contributed by atoms with Crippen molar-refractivity contribution < 1.29 is 14.3 Å². The first kappa shape index (κ1) is 16.8. The lowest BCUT2D eigenvalue weighted by Crippen LogP contribution is -2.51. The molecule has 3 heteroatoms. The smallest absolute Gasteiger partial charge is 0.331 e. The number of hydrogen-bond acceptors (Lipinski definition) is 3. The van der Waals surface area contributed by atoms with Crippen LogP contribution in [0, 0.1) is 29.1 Å². The highest BCUT2D eigenvalue weighted by atomic mass is 16.6. The topological polar surface area (TPSA) is 43.4 Å². The van der Waals surface area contributed by atoms with Crippen LogP contribution in [-0.4, -0.2) is 17.4 Å². The fraction of sp³-hybridized carbons (Fsp3) is 0.636. The van der Waals surface area contributed by atoms with E-state index in [0.29, 0.717) is 30.1 Å². The van der Waals surface area contributed by atoms with Gasteiger partial charge in [-0.2, -0.15) is 0 Å². The van der Waals surface area contributed by atoms with Gasteiger partial charge >= 0.3 is 5.97 Å². The molecule has 0 aromatic heterocycles. The van der Waals surface area contributed by atoms with Gasteiger partial charge in [-0.3, -0.25) is 4.79 Å². The van der Waals surface area contributed by atoms with Crippen LogP contribution in [0.5, 0.6) is 0 Å². The highest BCUT2D eigenvalue weighted by Crippen LogP contribution is 2.65. The van der Waals surface area contributed by atoms with Crippen molar-refractivity contribution in [2.24, 2.45) is 29.1 Å². The molecule has 0 bridgehead atoms.